The van der Waals surface area contributed by atoms with Gasteiger partial charge in [0.1, 0.15) is 17.6 Å². The Hall–Kier alpha value is -2.71. The number of ether oxygens (including phenoxy) is 2. The molecule has 0 saturated carbocycles. The molecule has 8 heteroatoms. The zero-order valence-electron chi connectivity index (χ0n) is 21.7. The highest BCUT2D eigenvalue weighted by Gasteiger charge is 2.79. The summed E-state index contributed by atoms with van der Waals surface area (Å²) in [6, 6.07) is 7.82. The molecule has 4 rings (SSSR count). The molecule has 3 fully saturated rings. The third-order valence-electron chi connectivity index (χ3n) is 8.14. The molecular formula is C28H38N2O6. The Morgan fingerprint density at radius 1 is 1.31 bits per heavy atom. The molecular weight excluding hydrogens is 460 g/mol. The Labute approximate surface area is 213 Å². The van der Waals surface area contributed by atoms with Crippen LogP contribution in [0, 0.1) is 11.8 Å². The van der Waals surface area contributed by atoms with Crippen LogP contribution < -0.4 is 0 Å². The minimum atomic E-state index is -1.15. The average Bonchev–Trinajstić information content (AvgIpc) is 3.42. The van der Waals surface area contributed by atoms with Crippen LogP contribution in [0.15, 0.2) is 43.0 Å². The van der Waals surface area contributed by atoms with Crippen molar-refractivity contribution < 1.29 is 29.0 Å². The molecule has 0 aliphatic carbocycles. The Morgan fingerprint density at radius 3 is 2.58 bits per heavy atom. The molecule has 1 N–H and O–H groups in total. The monoisotopic (exact) mass is 498 g/mol. The van der Waals surface area contributed by atoms with E-state index in [4.69, 9.17) is 9.47 Å². The van der Waals surface area contributed by atoms with E-state index in [9.17, 15) is 19.5 Å². The topological polar surface area (TPSA) is 96.4 Å². The first kappa shape index (κ1) is 26.4. The van der Waals surface area contributed by atoms with Gasteiger partial charge in [-0.25, -0.2) is 0 Å². The maximum absolute atomic E-state index is 14.2. The van der Waals surface area contributed by atoms with Crippen molar-refractivity contribution in [3.63, 3.8) is 0 Å². The van der Waals surface area contributed by atoms with Gasteiger partial charge in [0, 0.05) is 12.6 Å². The minimum Gasteiger partial charge on any atom is -0.466 e. The molecule has 3 heterocycles. The third kappa shape index (κ3) is 4.04. The number of amides is 2. The second-order valence-corrected chi connectivity index (χ2v) is 10.6. The average molecular weight is 499 g/mol. The molecule has 1 aromatic rings. The summed E-state index contributed by atoms with van der Waals surface area (Å²) in [5.74, 6) is -2.69. The molecule has 2 bridgehead atoms. The molecule has 36 heavy (non-hydrogen) atoms. The van der Waals surface area contributed by atoms with Gasteiger partial charge in [0.15, 0.2) is 0 Å². The van der Waals surface area contributed by atoms with E-state index in [-0.39, 0.29) is 31.1 Å². The number of hydrogen-bond donors (Lipinski definition) is 1. The van der Waals surface area contributed by atoms with Gasteiger partial charge >= 0.3 is 5.97 Å². The van der Waals surface area contributed by atoms with Gasteiger partial charge in [-0.3, -0.25) is 14.4 Å². The largest absolute Gasteiger partial charge is 0.466 e. The summed E-state index contributed by atoms with van der Waals surface area (Å²) in [5, 5.41) is 10.5. The van der Waals surface area contributed by atoms with E-state index in [2.05, 4.69) is 6.58 Å². The Kier molecular flexibility index (Phi) is 7.30. The van der Waals surface area contributed by atoms with Gasteiger partial charge in [-0.2, -0.15) is 0 Å². The summed E-state index contributed by atoms with van der Waals surface area (Å²) in [7, 11) is 0. The lowest BCUT2D eigenvalue weighted by Crippen LogP contribution is -2.60. The zero-order valence-corrected chi connectivity index (χ0v) is 21.7. The van der Waals surface area contributed by atoms with Crippen molar-refractivity contribution >= 4 is 17.8 Å². The summed E-state index contributed by atoms with van der Waals surface area (Å²) in [4.78, 5) is 44.8. The fourth-order valence-electron chi connectivity index (χ4n) is 6.61. The number of rotatable bonds is 10. The summed E-state index contributed by atoms with van der Waals surface area (Å²) in [6.45, 7) is 11.4. The fraction of sp³-hybridized carbons (Fsp3) is 0.607. The quantitative estimate of drug-likeness (QED) is 0.393. The number of aliphatic hydroxyl groups is 1. The van der Waals surface area contributed by atoms with Crippen LogP contribution in [0.25, 0.3) is 0 Å². The first-order chi connectivity index (χ1) is 17.1. The fourth-order valence-corrected chi connectivity index (χ4v) is 6.61. The molecule has 0 radical (unpaired) electrons. The molecule has 1 spiro atoms. The maximum Gasteiger partial charge on any atom is 0.312 e. The lowest BCUT2D eigenvalue weighted by Gasteiger charge is -2.40. The number of hydrogen-bond acceptors (Lipinski definition) is 6. The molecule has 3 aliphatic rings. The lowest BCUT2D eigenvalue weighted by molar-refractivity contribution is -0.162. The highest BCUT2D eigenvalue weighted by molar-refractivity contribution is 5.98. The van der Waals surface area contributed by atoms with E-state index in [1.807, 2.05) is 51.1 Å². The van der Waals surface area contributed by atoms with E-state index in [1.54, 1.807) is 17.9 Å². The number of carbonyl (C=O) groups excluding carboxylic acids is 3. The lowest BCUT2D eigenvalue weighted by atomic mass is 9.66. The summed E-state index contributed by atoms with van der Waals surface area (Å²) >= 11 is 0. The Morgan fingerprint density at radius 2 is 2.00 bits per heavy atom. The molecule has 3 aliphatic heterocycles. The van der Waals surface area contributed by atoms with Gasteiger partial charge in [0.25, 0.3) is 0 Å². The predicted molar refractivity (Wildman–Crippen MR) is 134 cm³/mol. The van der Waals surface area contributed by atoms with Gasteiger partial charge < -0.3 is 24.4 Å². The van der Waals surface area contributed by atoms with Crippen molar-refractivity contribution in [3.8, 4) is 0 Å². The van der Waals surface area contributed by atoms with Gasteiger partial charge in [-0.05, 0) is 52.5 Å². The number of fused-ring (bicyclic) bond motifs is 1. The number of nitrogens with zero attached hydrogens (tertiary/aromatic N) is 2. The van der Waals surface area contributed by atoms with Crippen molar-refractivity contribution in [2.24, 2.45) is 11.8 Å². The molecule has 1 aromatic carbocycles. The second kappa shape index (κ2) is 9.98. The molecule has 0 aromatic heterocycles. The van der Waals surface area contributed by atoms with E-state index in [0.29, 0.717) is 25.8 Å². The van der Waals surface area contributed by atoms with Crippen molar-refractivity contribution in [2.75, 3.05) is 19.8 Å². The van der Waals surface area contributed by atoms with Gasteiger partial charge in [-0.1, -0.05) is 36.4 Å². The van der Waals surface area contributed by atoms with Crippen LogP contribution in [0.2, 0.25) is 0 Å². The highest BCUT2D eigenvalue weighted by Crippen LogP contribution is 2.63. The Bertz CT molecular complexity index is 1010. The number of likely N-dealkylation sites (tertiary alicyclic amines) is 1. The van der Waals surface area contributed by atoms with Crippen LogP contribution in [0.3, 0.4) is 0 Å². The maximum atomic E-state index is 14.2. The van der Waals surface area contributed by atoms with Crippen molar-refractivity contribution in [1.82, 2.24) is 9.80 Å². The number of esters is 1. The molecule has 8 nitrogen and oxygen atoms in total. The zero-order chi connectivity index (χ0) is 26.3. The smallest absolute Gasteiger partial charge is 0.312 e. The van der Waals surface area contributed by atoms with Gasteiger partial charge in [0.2, 0.25) is 11.8 Å². The Balaban J connectivity index is 1.82. The normalized spacial score (nSPS) is 31.4. The molecule has 2 amide bonds. The third-order valence-corrected chi connectivity index (χ3v) is 8.14. The van der Waals surface area contributed by atoms with E-state index in [1.165, 1.54) is 4.90 Å². The number of carbonyl (C=O) groups is 3. The van der Waals surface area contributed by atoms with Crippen molar-refractivity contribution in [2.45, 2.75) is 76.3 Å². The predicted octanol–water partition coefficient (Wildman–Crippen LogP) is 2.34. The SMILES string of the molecule is C=CCN(C(=O)C1N([C@@H](CO)Cc2ccccc2)C(=O)[C@@H]2[C@H](C(=O)OCC)[C@]3(C)CCC12O3)C(C)C. The van der Waals surface area contributed by atoms with Crippen molar-refractivity contribution in [3.05, 3.63) is 48.6 Å². The molecule has 6 atom stereocenters. The standard InChI is InChI=1S/C28H38N2O6/c1-6-15-29(18(3)4)25(33)23-28-14-13-27(5,36-28)22(26(34)35-7-2)21(28)24(32)30(23)20(17-31)16-19-11-9-8-10-12-19/h6,8-12,18,20-23,31H,1,7,13-17H2,2-5H3/t20-,21+,22-,23?,27+,28?/m1/s1. The van der Waals surface area contributed by atoms with E-state index >= 15 is 0 Å². The number of benzene rings is 1. The summed E-state index contributed by atoms with van der Waals surface area (Å²) in [5.41, 5.74) is -1.10. The highest BCUT2D eigenvalue weighted by atomic mass is 16.6. The van der Waals surface area contributed by atoms with Gasteiger partial charge in [0.05, 0.1) is 30.8 Å². The van der Waals surface area contributed by atoms with Crippen LogP contribution in [-0.4, -0.2) is 81.8 Å². The number of aliphatic hydroxyl groups excluding tert-OH is 1. The second-order valence-electron chi connectivity index (χ2n) is 10.6. The van der Waals surface area contributed by atoms with Crippen LogP contribution in [0.4, 0.5) is 0 Å². The molecule has 196 valence electrons. The molecule has 3 saturated heterocycles. The van der Waals surface area contributed by atoms with Gasteiger partial charge in [-0.15, -0.1) is 6.58 Å². The first-order valence-corrected chi connectivity index (χ1v) is 12.9. The van der Waals surface area contributed by atoms with E-state index < -0.39 is 41.1 Å². The van der Waals surface area contributed by atoms with Crippen LogP contribution >= 0.6 is 0 Å². The first-order valence-electron chi connectivity index (χ1n) is 12.9. The van der Waals surface area contributed by atoms with E-state index in [0.717, 1.165) is 5.56 Å². The van der Waals surface area contributed by atoms with Crippen molar-refractivity contribution in [1.29, 1.82) is 0 Å². The summed E-state index contributed by atoms with van der Waals surface area (Å²) < 4.78 is 12.0. The summed E-state index contributed by atoms with van der Waals surface area (Å²) in [6.07, 6.45) is 3.06. The molecule has 2 unspecified atom stereocenters. The minimum absolute atomic E-state index is 0.139. The van der Waals surface area contributed by atoms with Crippen LogP contribution in [0.1, 0.15) is 46.1 Å². The van der Waals surface area contributed by atoms with Crippen LogP contribution in [0.5, 0.6) is 0 Å². The van der Waals surface area contributed by atoms with Crippen LogP contribution in [-0.2, 0) is 30.3 Å².